The van der Waals surface area contributed by atoms with Gasteiger partial charge < -0.3 is 24.1 Å². The molecule has 3 aliphatic rings. The van der Waals surface area contributed by atoms with Gasteiger partial charge in [0.05, 0.1) is 32.5 Å². The predicted octanol–water partition coefficient (Wildman–Crippen LogP) is 2.27. The van der Waals surface area contributed by atoms with Crippen molar-refractivity contribution in [3.63, 3.8) is 0 Å². The molecule has 0 aromatic rings. The van der Waals surface area contributed by atoms with E-state index >= 15 is 0 Å². The Morgan fingerprint density at radius 2 is 2.03 bits per heavy atom. The van der Waals surface area contributed by atoms with Gasteiger partial charge in [-0.05, 0) is 38.5 Å². The van der Waals surface area contributed by atoms with Gasteiger partial charge in [-0.25, -0.2) is 0 Å². The number of hydrogen-bond acceptors (Lipinski definition) is 7. The molecule has 0 spiro atoms. The van der Waals surface area contributed by atoms with Crippen LogP contribution in [-0.2, 0) is 23.7 Å². The monoisotopic (exact) mass is 411 g/mol. The molecule has 1 unspecified atom stereocenters. The molecule has 5 atom stereocenters. The van der Waals surface area contributed by atoms with Gasteiger partial charge >= 0.3 is 5.97 Å². The summed E-state index contributed by atoms with van der Waals surface area (Å²) in [5.74, 6) is -0.0273. The Balaban J connectivity index is 1.56. The van der Waals surface area contributed by atoms with Crippen molar-refractivity contribution < 1.29 is 28.8 Å². The third kappa shape index (κ3) is 6.76. The van der Waals surface area contributed by atoms with E-state index in [0.717, 1.165) is 71.4 Å². The maximum Gasteiger partial charge on any atom is 0.305 e. The van der Waals surface area contributed by atoms with E-state index < -0.39 is 0 Å². The van der Waals surface area contributed by atoms with Crippen molar-refractivity contribution in [3.8, 4) is 0 Å². The van der Waals surface area contributed by atoms with E-state index in [-0.39, 0.29) is 36.4 Å². The quantitative estimate of drug-likeness (QED) is 0.354. The van der Waals surface area contributed by atoms with Gasteiger partial charge in [0.25, 0.3) is 0 Å². The van der Waals surface area contributed by atoms with Gasteiger partial charge in [-0.2, -0.15) is 0 Å². The van der Waals surface area contributed by atoms with Crippen LogP contribution in [-0.4, -0.2) is 80.5 Å². The number of unbranched alkanes of at least 4 members (excludes halogenated alkanes) is 1. The topological polar surface area (TPSA) is 77.5 Å². The first-order chi connectivity index (χ1) is 14.2. The average Bonchev–Trinajstić information content (AvgIpc) is 3.06. The first-order valence-corrected chi connectivity index (χ1v) is 11.2. The fourth-order valence-corrected chi connectivity index (χ4v) is 4.72. The lowest BCUT2D eigenvalue weighted by Crippen LogP contribution is -2.51. The summed E-state index contributed by atoms with van der Waals surface area (Å²) < 4.78 is 22.4. The Kier molecular flexibility index (Phi) is 9.39. The maximum absolute atomic E-state index is 11.2. The molecular weight excluding hydrogens is 374 g/mol. The third-order valence-corrected chi connectivity index (χ3v) is 6.27. The largest absolute Gasteiger partial charge is 0.469 e. The summed E-state index contributed by atoms with van der Waals surface area (Å²) in [5, 5.41) is 10.8. The lowest BCUT2D eigenvalue weighted by atomic mass is 9.95. The van der Waals surface area contributed by atoms with Crippen LogP contribution in [0.25, 0.3) is 0 Å². The summed E-state index contributed by atoms with van der Waals surface area (Å²) >= 11 is 0. The van der Waals surface area contributed by atoms with E-state index in [1.165, 1.54) is 7.11 Å². The van der Waals surface area contributed by atoms with Crippen molar-refractivity contribution in [3.05, 3.63) is 12.2 Å². The van der Waals surface area contributed by atoms with Crippen LogP contribution >= 0.6 is 0 Å². The summed E-state index contributed by atoms with van der Waals surface area (Å²) in [6.07, 6.45) is 10.5. The molecule has 1 N–H and O–H groups in total. The molecule has 0 amide bonds. The van der Waals surface area contributed by atoms with Crippen LogP contribution in [0.3, 0.4) is 0 Å². The van der Waals surface area contributed by atoms with Crippen molar-refractivity contribution in [1.29, 1.82) is 0 Å². The van der Waals surface area contributed by atoms with Gasteiger partial charge in [-0.1, -0.05) is 12.2 Å². The Bertz CT molecular complexity index is 515. The highest BCUT2D eigenvalue weighted by Crippen LogP contribution is 2.37. The lowest BCUT2D eigenvalue weighted by molar-refractivity contribution is -0.200. The van der Waals surface area contributed by atoms with E-state index in [1.807, 2.05) is 0 Å². The summed E-state index contributed by atoms with van der Waals surface area (Å²) in [6.45, 7) is 3.98. The highest BCUT2D eigenvalue weighted by molar-refractivity contribution is 5.69. The number of nitrogens with zero attached hydrogens (tertiary/aromatic N) is 1. The fourth-order valence-electron chi connectivity index (χ4n) is 4.72. The Labute approximate surface area is 174 Å². The molecule has 2 saturated heterocycles. The van der Waals surface area contributed by atoms with Gasteiger partial charge in [-0.15, -0.1) is 0 Å². The Morgan fingerprint density at radius 1 is 1.21 bits per heavy atom. The van der Waals surface area contributed by atoms with Crippen molar-refractivity contribution in [2.75, 3.05) is 40.0 Å². The second-order valence-corrected chi connectivity index (χ2v) is 8.25. The molecule has 0 aromatic carbocycles. The summed E-state index contributed by atoms with van der Waals surface area (Å²) in [4.78, 5) is 13.6. The second kappa shape index (κ2) is 12.0. The molecule has 2 aliphatic heterocycles. The van der Waals surface area contributed by atoms with Gasteiger partial charge in [0.2, 0.25) is 0 Å². The number of rotatable bonds is 9. The molecule has 29 heavy (non-hydrogen) atoms. The molecular formula is C22H37NO6. The summed E-state index contributed by atoms with van der Waals surface area (Å²) in [5.41, 5.74) is 0. The standard InChI is InChI=1S/C22H37NO6/c1-26-20(25)9-5-3-2-4-8-17-18(24)16-19(29-21-10-6-7-13-28-21)22(17)23-11-14-27-15-12-23/h2,4,17-19,21-22,24H,3,5-16H2,1H3/t17-,18-,19+,21?,22+/m1/s1. The van der Waals surface area contributed by atoms with Crippen LogP contribution < -0.4 is 0 Å². The molecule has 1 aliphatic carbocycles. The van der Waals surface area contributed by atoms with Crippen molar-refractivity contribution in [2.45, 2.75) is 75.9 Å². The third-order valence-electron chi connectivity index (χ3n) is 6.27. The SMILES string of the molecule is COC(=O)CCCC=CC[C@H]1[C@H](N2CCOCC2)[C@@H](OC2CCCCO2)C[C@H]1O. The van der Waals surface area contributed by atoms with E-state index in [1.54, 1.807) is 0 Å². The van der Waals surface area contributed by atoms with Crippen molar-refractivity contribution in [2.24, 2.45) is 5.92 Å². The van der Waals surface area contributed by atoms with Gasteiger partial charge in [-0.3, -0.25) is 9.69 Å². The molecule has 1 saturated carbocycles. The van der Waals surface area contributed by atoms with E-state index in [2.05, 4.69) is 21.8 Å². The summed E-state index contributed by atoms with van der Waals surface area (Å²) in [7, 11) is 1.42. The highest BCUT2D eigenvalue weighted by Gasteiger charge is 2.46. The van der Waals surface area contributed by atoms with E-state index in [4.69, 9.17) is 14.2 Å². The van der Waals surface area contributed by atoms with Crippen LogP contribution in [0.4, 0.5) is 0 Å². The number of esters is 1. The van der Waals surface area contributed by atoms with E-state index in [9.17, 15) is 9.90 Å². The first kappa shape index (κ1) is 22.7. The minimum absolute atomic E-state index is 0.0103. The molecule has 0 bridgehead atoms. The minimum atomic E-state index is -0.379. The molecule has 7 heteroatoms. The maximum atomic E-state index is 11.2. The van der Waals surface area contributed by atoms with Crippen LogP contribution in [0, 0.1) is 5.92 Å². The minimum Gasteiger partial charge on any atom is -0.469 e. The van der Waals surface area contributed by atoms with E-state index in [0.29, 0.717) is 12.8 Å². The second-order valence-electron chi connectivity index (χ2n) is 8.25. The smallest absolute Gasteiger partial charge is 0.305 e. The summed E-state index contributed by atoms with van der Waals surface area (Å²) in [6, 6.07) is 0.180. The Hall–Kier alpha value is -0.990. The molecule has 7 nitrogen and oxygen atoms in total. The van der Waals surface area contributed by atoms with Gasteiger partial charge in [0, 0.05) is 44.5 Å². The fraction of sp³-hybridized carbons (Fsp3) is 0.864. The van der Waals surface area contributed by atoms with Crippen LogP contribution in [0.15, 0.2) is 12.2 Å². The number of morpholine rings is 1. The zero-order chi connectivity index (χ0) is 20.5. The van der Waals surface area contributed by atoms with Gasteiger partial charge in [0.1, 0.15) is 0 Å². The van der Waals surface area contributed by atoms with Crippen LogP contribution in [0.1, 0.15) is 51.4 Å². The van der Waals surface area contributed by atoms with Crippen molar-refractivity contribution in [1.82, 2.24) is 4.90 Å². The molecule has 0 radical (unpaired) electrons. The molecule has 3 fully saturated rings. The van der Waals surface area contributed by atoms with Crippen LogP contribution in [0.5, 0.6) is 0 Å². The van der Waals surface area contributed by atoms with Crippen LogP contribution in [0.2, 0.25) is 0 Å². The lowest BCUT2D eigenvalue weighted by Gasteiger charge is -2.39. The Morgan fingerprint density at radius 3 is 2.76 bits per heavy atom. The van der Waals surface area contributed by atoms with Crippen molar-refractivity contribution >= 4 is 5.97 Å². The number of methoxy groups -OCH3 is 1. The number of allylic oxidation sites excluding steroid dienone is 2. The molecule has 3 rings (SSSR count). The number of ether oxygens (including phenoxy) is 4. The first-order valence-electron chi connectivity index (χ1n) is 11.2. The number of carbonyl (C=O) groups excluding carboxylic acids is 1. The number of hydrogen-bond donors (Lipinski definition) is 1. The molecule has 2 heterocycles. The molecule has 0 aromatic heterocycles. The average molecular weight is 412 g/mol. The van der Waals surface area contributed by atoms with Gasteiger partial charge in [0.15, 0.2) is 6.29 Å². The molecule has 166 valence electrons. The highest BCUT2D eigenvalue weighted by atomic mass is 16.7. The number of carbonyl (C=O) groups is 1. The zero-order valence-corrected chi connectivity index (χ0v) is 17.7. The zero-order valence-electron chi connectivity index (χ0n) is 17.7. The normalized spacial score (nSPS) is 33.9. The predicted molar refractivity (Wildman–Crippen MR) is 108 cm³/mol. The number of aliphatic hydroxyl groups is 1. The number of aliphatic hydroxyl groups excluding tert-OH is 1.